The number of hydrogen-bond acceptors (Lipinski definition) is 2. The van der Waals surface area contributed by atoms with Gasteiger partial charge in [0, 0.05) is 10.9 Å². The Morgan fingerprint density at radius 2 is 2.00 bits per heavy atom. The highest BCUT2D eigenvalue weighted by atomic mass is 79.9. The van der Waals surface area contributed by atoms with Gasteiger partial charge in [0.25, 0.3) is 0 Å². The third-order valence-electron chi connectivity index (χ3n) is 3.62. The fourth-order valence-electron chi connectivity index (χ4n) is 2.23. The summed E-state index contributed by atoms with van der Waals surface area (Å²) >= 11 is 3.50. The van der Waals surface area contributed by atoms with E-state index in [1.807, 2.05) is 49.4 Å². The molecule has 0 aliphatic carbocycles. The van der Waals surface area contributed by atoms with Crippen molar-refractivity contribution in [2.24, 2.45) is 0 Å². The topological polar surface area (TPSA) is 38.3 Å². The molecule has 4 heteroatoms. The number of aryl methyl sites for hydroxylation is 2. The molecule has 0 fully saturated rings. The quantitative estimate of drug-likeness (QED) is 0.682. The van der Waals surface area contributed by atoms with E-state index in [-0.39, 0.29) is 5.91 Å². The molecule has 0 aliphatic heterocycles. The summed E-state index contributed by atoms with van der Waals surface area (Å²) in [6.07, 6.45) is 2.10. The molecule has 2 aromatic rings. The van der Waals surface area contributed by atoms with Crippen LogP contribution >= 0.6 is 15.9 Å². The molecule has 1 N–H and O–H groups in total. The Labute approximate surface area is 146 Å². The summed E-state index contributed by atoms with van der Waals surface area (Å²) in [5.74, 6) is 0.883. The molecule has 1 amide bonds. The van der Waals surface area contributed by atoms with Crippen molar-refractivity contribution in [3.05, 3.63) is 58.1 Å². The zero-order valence-corrected chi connectivity index (χ0v) is 15.2. The molecule has 23 heavy (non-hydrogen) atoms. The van der Waals surface area contributed by atoms with Gasteiger partial charge >= 0.3 is 0 Å². The predicted molar refractivity (Wildman–Crippen MR) is 98.1 cm³/mol. The molecule has 0 heterocycles. The predicted octanol–water partition coefficient (Wildman–Crippen LogP) is 5.12. The van der Waals surface area contributed by atoms with Gasteiger partial charge in [0.05, 0.1) is 12.3 Å². The van der Waals surface area contributed by atoms with Gasteiger partial charge in [-0.1, -0.05) is 31.2 Å². The van der Waals surface area contributed by atoms with Gasteiger partial charge in [-0.15, -0.1) is 0 Å². The van der Waals surface area contributed by atoms with E-state index in [4.69, 9.17) is 4.74 Å². The first-order valence-electron chi connectivity index (χ1n) is 7.87. The van der Waals surface area contributed by atoms with Crippen molar-refractivity contribution in [2.45, 2.75) is 33.1 Å². The number of benzene rings is 2. The molecule has 0 saturated carbocycles. The second-order valence-electron chi connectivity index (χ2n) is 5.43. The van der Waals surface area contributed by atoms with Crippen LogP contribution in [0.25, 0.3) is 0 Å². The molecular weight excluding hydrogens is 354 g/mol. The third-order valence-corrected chi connectivity index (χ3v) is 4.27. The first-order chi connectivity index (χ1) is 11.1. The Kier molecular flexibility index (Phi) is 6.66. The molecule has 0 aliphatic rings. The second kappa shape index (κ2) is 8.73. The third kappa shape index (κ3) is 5.39. The van der Waals surface area contributed by atoms with Crippen molar-refractivity contribution in [1.82, 2.24) is 0 Å². The Morgan fingerprint density at radius 3 is 2.70 bits per heavy atom. The van der Waals surface area contributed by atoms with Gasteiger partial charge < -0.3 is 10.1 Å². The van der Waals surface area contributed by atoms with Crippen LogP contribution < -0.4 is 10.1 Å². The van der Waals surface area contributed by atoms with Gasteiger partial charge in [-0.2, -0.15) is 0 Å². The molecule has 0 bridgehead atoms. The molecule has 0 saturated heterocycles. The van der Waals surface area contributed by atoms with Crippen LogP contribution in [0.1, 0.15) is 30.9 Å². The number of para-hydroxylation sites is 1. The number of ether oxygens (including phenoxy) is 1. The van der Waals surface area contributed by atoms with Gasteiger partial charge in [0.2, 0.25) is 5.91 Å². The minimum absolute atomic E-state index is 0.00309. The number of amides is 1. The number of hydrogen-bond donors (Lipinski definition) is 1. The summed E-state index contributed by atoms with van der Waals surface area (Å²) in [7, 11) is 0. The summed E-state index contributed by atoms with van der Waals surface area (Å²) in [6.45, 7) is 4.65. The van der Waals surface area contributed by atoms with Crippen LogP contribution in [0.3, 0.4) is 0 Å². The first kappa shape index (κ1) is 17.5. The molecule has 0 aromatic heterocycles. The molecule has 3 nitrogen and oxygen atoms in total. The molecule has 0 atom stereocenters. The van der Waals surface area contributed by atoms with Crippen molar-refractivity contribution in [3.63, 3.8) is 0 Å². The zero-order chi connectivity index (χ0) is 16.7. The summed E-state index contributed by atoms with van der Waals surface area (Å²) < 4.78 is 6.62. The second-order valence-corrected chi connectivity index (χ2v) is 6.29. The van der Waals surface area contributed by atoms with E-state index in [0.29, 0.717) is 19.4 Å². The van der Waals surface area contributed by atoms with Crippen LogP contribution in [0.5, 0.6) is 5.75 Å². The van der Waals surface area contributed by atoms with Crippen LogP contribution in [-0.4, -0.2) is 12.5 Å². The Hall–Kier alpha value is -1.81. The molecular formula is C19H22BrNO2. The number of rotatable bonds is 7. The number of carbonyl (C=O) groups excluding carboxylic acids is 1. The van der Waals surface area contributed by atoms with E-state index in [2.05, 4.69) is 28.2 Å². The lowest BCUT2D eigenvalue weighted by Crippen LogP contribution is -2.13. The minimum Gasteiger partial charge on any atom is -0.493 e. The van der Waals surface area contributed by atoms with Crippen molar-refractivity contribution in [3.8, 4) is 5.75 Å². The lowest BCUT2D eigenvalue weighted by molar-refractivity contribution is -0.116. The molecule has 0 unspecified atom stereocenters. The summed E-state index contributed by atoms with van der Waals surface area (Å²) in [6, 6.07) is 13.9. The smallest absolute Gasteiger partial charge is 0.224 e. The molecule has 2 aromatic carbocycles. The van der Waals surface area contributed by atoms with E-state index < -0.39 is 0 Å². The van der Waals surface area contributed by atoms with Gasteiger partial charge in [0.1, 0.15) is 5.75 Å². The molecule has 0 spiro atoms. The number of halogens is 1. The maximum absolute atomic E-state index is 12.0. The van der Waals surface area contributed by atoms with E-state index in [1.54, 1.807) is 0 Å². The van der Waals surface area contributed by atoms with E-state index in [1.165, 1.54) is 5.56 Å². The summed E-state index contributed by atoms with van der Waals surface area (Å²) in [5.41, 5.74) is 3.16. The van der Waals surface area contributed by atoms with Crippen molar-refractivity contribution >= 4 is 27.5 Å². The molecule has 0 radical (unpaired) electrons. The maximum Gasteiger partial charge on any atom is 0.224 e. The normalized spacial score (nSPS) is 10.4. The molecule has 2 rings (SSSR count). The maximum atomic E-state index is 12.0. The average molecular weight is 376 g/mol. The fourth-order valence-corrected chi connectivity index (χ4v) is 2.75. The van der Waals surface area contributed by atoms with Crippen LogP contribution in [0.4, 0.5) is 5.69 Å². The van der Waals surface area contributed by atoms with Gasteiger partial charge in [-0.05, 0) is 65.0 Å². The van der Waals surface area contributed by atoms with Crippen LogP contribution in [0.15, 0.2) is 46.9 Å². The summed E-state index contributed by atoms with van der Waals surface area (Å²) in [5, 5.41) is 2.93. The minimum atomic E-state index is 0.00309. The number of carbonyl (C=O) groups is 1. The van der Waals surface area contributed by atoms with Crippen LogP contribution in [-0.2, 0) is 11.2 Å². The van der Waals surface area contributed by atoms with Gasteiger partial charge in [-0.25, -0.2) is 0 Å². The van der Waals surface area contributed by atoms with E-state index in [0.717, 1.165) is 27.9 Å². The number of nitrogens with one attached hydrogen (secondary N) is 1. The van der Waals surface area contributed by atoms with E-state index in [9.17, 15) is 4.79 Å². The van der Waals surface area contributed by atoms with Gasteiger partial charge in [-0.3, -0.25) is 4.79 Å². The van der Waals surface area contributed by atoms with Gasteiger partial charge in [0.15, 0.2) is 0 Å². The van der Waals surface area contributed by atoms with Crippen LogP contribution in [0, 0.1) is 6.92 Å². The summed E-state index contributed by atoms with van der Waals surface area (Å²) in [4.78, 5) is 12.0. The first-order valence-corrected chi connectivity index (χ1v) is 8.66. The highest BCUT2D eigenvalue weighted by Crippen LogP contribution is 2.24. The van der Waals surface area contributed by atoms with Crippen molar-refractivity contribution in [1.29, 1.82) is 0 Å². The van der Waals surface area contributed by atoms with Crippen LogP contribution in [0.2, 0.25) is 0 Å². The lowest BCUT2D eigenvalue weighted by Gasteiger charge is -2.10. The van der Waals surface area contributed by atoms with E-state index >= 15 is 0 Å². The standard InChI is InChI=1S/C19H22BrNO2/c1-3-15-10-11-17(16(20)13-15)21-19(22)9-6-12-23-18-8-5-4-7-14(18)2/h4-5,7-8,10-11,13H,3,6,9,12H2,1-2H3,(H,21,22). The lowest BCUT2D eigenvalue weighted by atomic mass is 10.1. The number of anilines is 1. The SMILES string of the molecule is CCc1ccc(NC(=O)CCCOc2ccccc2C)c(Br)c1. The zero-order valence-electron chi connectivity index (χ0n) is 13.6. The fraction of sp³-hybridized carbons (Fsp3) is 0.316. The van der Waals surface area contributed by atoms with Crippen molar-refractivity contribution in [2.75, 3.05) is 11.9 Å². The van der Waals surface area contributed by atoms with Crippen molar-refractivity contribution < 1.29 is 9.53 Å². The Balaban J connectivity index is 1.76. The highest BCUT2D eigenvalue weighted by molar-refractivity contribution is 9.10. The highest BCUT2D eigenvalue weighted by Gasteiger charge is 2.06. The molecule has 122 valence electrons. The average Bonchev–Trinajstić information content (AvgIpc) is 2.55. The Morgan fingerprint density at radius 1 is 1.22 bits per heavy atom. The Bertz CT molecular complexity index is 670. The largest absolute Gasteiger partial charge is 0.493 e. The monoisotopic (exact) mass is 375 g/mol.